The fourth-order valence-electron chi connectivity index (χ4n) is 7.78. The monoisotopic (exact) mass is 524 g/mol. The first-order chi connectivity index (χ1) is 19.1. The van der Waals surface area contributed by atoms with Crippen molar-refractivity contribution in [1.82, 2.24) is 0 Å². The Morgan fingerprint density at radius 3 is 2.00 bits per heavy atom. The number of rotatable bonds is 8. The van der Waals surface area contributed by atoms with Gasteiger partial charge in [0.2, 0.25) is 0 Å². The first kappa shape index (κ1) is 24.7. The maximum atomic E-state index is 13.9. The number of carbonyl (C=O) groups is 2. The van der Waals surface area contributed by atoms with Gasteiger partial charge < -0.3 is 18.9 Å². The number of esters is 1. The molecule has 6 heteroatoms. The van der Waals surface area contributed by atoms with Gasteiger partial charge >= 0.3 is 5.97 Å². The molecule has 5 fully saturated rings. The Morgan fingerprint density at radius 1 is 0.872 bits per heavy atom. The SMILES string of the molecule is CCOC(=O)C12C3C(=O)[C@@H](CC[C@@]31OCc1ccccc1)[C@H]2C1O[C@@H](c2ccccc2)[C@H](c2ccccc2)O1. The van der Waals surface area contributed by atoms with E-state index >= 15 is 0 Å². The van der Waals surface area contributed by atoms with Crippen molar-refractivity contribution in [2.24, 2.45) is 23.2 Å². The molecule has 0 amide bonds. The van der Waals surface area contributed by atoms with E-state index in [1.165, 1.54) is 0 Å². The van der Waals surface area contributed by atoms with E-state index in [2.05, 4.69) is 0 Å². The molecule has 8 rings (SSSR count). The molecule has 39 heavy (non-hydrogen) atoms. The second-order valence-corrected chi connectivity index (χ2v) is 11.1. The predicted molar refractivity (Wildman–Crippen MR) is 142 cm³/mol. The fraction of sp³-hybridized carbons (Fsp3) is 0.394. The van der Waals surface area contributed by atoms with Crippen molar-refractivity contribution in [1.29, 1.82) is 0 Å². The van der Waals surface area contributed by atoms with Crippen molar-refractivity contribution in [2.45, 2.75) is 50.5 Å². The summed E-state index contributed by atoms with van der Waals surface area (Å²) >= 11 is 0. The highest BCUT2D eigenvalue weighted by atomic mass is 16.7. The highest BCUT2D eigenvalue weighted by molar-refractivity contribution is 6.05. The summed E-state index contributed by atoms with van der Waals surface area (Å²) in [4.78, 5) is 27.7. The molecule has 5 aliphatic rings. The predicted octanol–water partition coefficient (Wildman–Crippen LogP) is 5.59. The van der Waals surface area contributed by atoms with E-state index in [-0.39, 0.29) is 36.5 Å². The standard InChI is InChI=1S/C33H32O6/c1-2-36-31(35)33-25(24-18-19-32(33,29(33)26(24)34)37-20-21-12-6-3-7-13-21)30-38-27(22-14-8-4-9-15-22)28(39-30)23-16-10-5-11-17-23/h3-17,24-25,27-30H,2,18-20H2,1H3/t24-,25-,27-,28-,29?,32+,33?/m0/s1. The van der Waals surface area contributed by atoms with Crippen molar-refractivity contribution in [3.8, 4) is 0 Å². The normalized spacial score (nSPS) is 34.7. The molecule has 1 aliphatic heterocycles. The van der Waals surface area contributed by atoms with Crippen LogP contribution in [0.4, 0.5) is 0 Å². The van der Waals surface area contributed by atoms with Gasteiger partial charge in [0.25, 0.3) is 0 Å². The van der Waals surface area contributed by atoms with Gasteiger partial charge in [-0.2, -0.15) is 0 Å². The molecule has 4 saturated carbocycles. The van der Waals surface area contributed by atoms with E-state index < -0.39 is 29.1 Å². The molecule has 7 atom stereocenters. The van der Waals surface area contributed by atoms with E-state index in [0.29, 0.717) is 19.4 Å². The smallest absolute Gasteiger partial charge is 0.316 e. The van der Waals surface area contributed by atoms with Gasteiger partial charge in [-0.15, -0.1) is 0 Å². The maximum Gasteiger partial charge on any atom is 0.316 e. The molecule has 0 N–H and O–H groups in total. The molecule has 4 aliphatic carbocycles. The lowest BCUT2D eigenvalue weighted by Crippen LogP contribution is -2.50. The number of hydrogen-bond donors (Lipinski definition) is 0. The van der Waals surface area contributed by atoms with Crippen LogP contribution < -0.4 is 0 Å². The third-order valence-electron chi connectivity index (χ3n) is 9.31. The van der Waals surface area contributed by atoms with Crippen LogP contribution in [0.25, 0.3) is 0 Å². The lowest BCUT2D eigenvalue weighted by molar-refractivity contribution is -0.192. The Labute approximate surface area is 228 Å². The van der Waals surface area contributed by atoms with Gasteiger partial charge in [-0.25, -0.2) is 0 Å². The molecule has 0 radical (unpaired) electrons. The van der Waals surface area contributed by atoms with Gasteiger partial charge in [0.1, 0.15) is 23.4 Å². The van der Waals surface area contributed by atoms with Crippen molar-refractivity contribution in [3.05, 3.63) is 108 Å². The highest BCUT2D eigenvalue weighted by Crippen LogP contribution is 2.82. The number of ether oxygens (including phenoxy) is 4. The third-order valence-corrected chi connectivity index (χ3v) is 9.31. The average Bonchev–Trinajstić information content (AvgIpc) is 3.24. The zero-order valence-electron chi connectivity index (χ0n) is 21.9. The molecule has 6 nitrogen and oxygen atoms in total. The maximum absolute atomic E-state index is 13.9. The number of Topliss-reactive ketones (excluding diaryl/α,β-unsaturated/α-hetero) is 1. The minimum absolute atomic E-state index is 0.0824. The minimum Gasteiger partial charge on any atom is -0.465 e. The zero-order chi connectivity index (χ0) is 26.6. The minimum atomic E-state index is -1.10. The molecule has 4 bridgehead atoms. The molecule has 1 heterocycles. The topological polar surface area (TPSA) is 71.1 Å². The van der Waals surface area contributed by atoms with Crippen molar-refractivity contribution in [3.63, 3.8) is 0 Å². The van der Waals surface area contributed by atoms with Gasteiger partial charge in [-0.1, -0.05) is 91.0 Å². The summed E-state index contributed by atoms with van der Waals surface area (Å²) in [6.45, 7) is 2.36. The summed E-state index contributed by atoms with van der Waals surface area (Å²) in [7, 11) is 0. The summed E-state index contributed by atoms with van der Waals surface area (Å²) in [5.41, 5.74) is 0.996. The van der Waals surface area contributed by atoms with Crippen molar-refractivity contribution in [2.75, 3.05) is 6.61 Å². The van der Waals surface area contributed by atoms with Crippen LogP contribution in [0, 0.1) is 23.2 Å². The Morgan fingerprint density at radius 2 is 1.44 bits per heavy atom. The molecule has 0 spiro atoms. The number of hydrogen-bond acceptors (Lipinski definition) is 6. The summed E-state index contributed by atoms with van der Waals surface area (Å²) in [6.07, 6.45) is -0.194. The summed E-state index contributed by atoms with van der Waals surface area (Å²) in [5.74, 6) is -1.61. The molecule has 200 valence electrons. The Hall–Kier alpha value is -3.32. The summed E-state index contributed by atoms with van der Waals surface area (Å²) < 4.78 is 25.7. The number of fused-ring (bicyclic) bond motifs is 1. The van der Waals surface area contributed by atoms with Crippen LogP contribution in [0.3, 0.4) is 0 Å². The molecule has 2 unspecified atom stereocenters. The van der Waals surface area contributed by atoms with Gasteiger partial charge in [-0.3, -0.25) is 9.59 Å². The largest absolute Gasteiger partial charge is 0.465 e. The molecular formula is C33H32O6. The van der Waals surface area contributed by atoms with E-state index in [4.69, 9.17) is 18.9 Å². The third kappa shape index (κ3) is 3.51. The van der Waals surface area contributed by atoms with Crippen LogP contribution in [-0.4, -0.2) is 30.3 Å². The van der Waals surface area contributed by atoms with E-state index in [0.717, 1.165) is 16.7 Å². The second kappa shape index (κ2) is 9.40. The molecule has 3 aromatic rings. The van der Waals surface area contributed by atoms with Gasteiger partial charge in [0, 0.05) is 11.8 Å². The quantitative estimate of drug-likeness (QED) is 0.358. The summed E-state index contributed by atoms with van der Waals surface area (Å²) in [5, 5.41) is 0. The van der Waals surface area contributed by atoms with Crippen LogP contribution in [0.15, 0.2) is 91.0 Å². The Bertz CT molecular complexity index is 1310. The number of benzene rings is 3. The lowest BCUT2D eigenvalue weighted by atomic mass is 9.69. The lowest BCUT2D eigenvalue weighted by Gasteiger charge is -2.41. The molecule has 1 saturated heterocycles. The summed E-state index contributed by atoms with van der Waals surface area (Å²) in [6, 6.07) is 29.9. The van der Waals surface area contributed by atoms with E-state index in [1.807, 2.05) is 91.0 Å². The van der Waals surface area contributed by atoms with Gasteiger partial charge in [-0.05, 0) is 36.5 Å². The highest BCUT2D eigenvalue weighted by Gasteiger charge is 2.95. The molecular weight excluding hydrogens is 492 g/mol. The average molecular weight is 525 g/mol. The first-order valence-corrected chi connectivity index (χ1v) is 13.9. The van der Waals surface area contributed by atoms with Crippen LogP contribution in [0.1, 0.15) is 48.7 Å². The molecule has 0 aromatic heterocycles. The van der Waals surface area contributed by atoms with Crippen LogP contribution >= 0.6 is 0 Å². The first-order valence-electron chi connectivity index (χ1n) is 13.9. The van der Waals surface area contributed by atoms with E-state index in [1.54, 1.807) is 6.92 Å². The second-order valence-electron chi connectivity index (χ2n) is 11.1. The van der Waals surface area contributed by atoms with Crippen molar-refractivity contribution < 1.29 is 28.5 Å². The number of carbonyl (C=O) groups excluding carboxylic acids is 2. The number of ketones is 1. The van der Waals surface area contributed by atoms with Crippen LogP contribution in [0.5, 0.6) is 0 Å². The van der Waals surface area contributed by atoms with Crippen LogP contribution in [0.2, 0.25) is 0 Å². The Balaban J connectivity index is 1.27. The van der Waals surface area contributed by atoms with E-state index in [9.17, 15) is 9.59 Å². The van der Waals surface area contributed by atoms with Crippen LogP contribution in [-0.2, 0) is 35.1 Å². The Kier molecular flexibility index (Phi) is 5.96. The van der Waals surface area contributed by atoms with Gasteiger partial charge in [0.15, 0.2) is 6.29 Å². The fourth-order valence-corrected chi connectivity index (χ4v) is 7.78. The van der Waals surface area contributed by atoms with Crippen molar-refractivity contribution >= 4 is 11.8 Å². The zero-order valence-corrected chi connectivity index (χ0v) is 21.9. The van der Waals surface area contributed by atoms with Gasteiger partial charge in [0.05, 0.1) is 24.7 Å². The molecule has 3 aromatic carbocycles.